The van der Waals surface area contributed by atoms with E-state index in [-0.39, 0.29) is 6.42 Å². The summed E-state index contributed by atoms with van der Waals surface area (Å²) in [6.45, 7) is 0.445. The van der Waals surface area contributed by atoms with Gasteiger partial charge < -0.3 is 14.8 Å². The fourth-order valence-corrected chi connectivity index (χ4v) is 2.74. The normalized spacial score (nSPS) is 15.2. The van der Waals surface area contributed by atoms with Crippen molar-refractivity contribution in [3.8, 4) is 5.75 Å². The number of aliphatic carboxylic acids is 1. The summed E-state index contributed by atoms with van der Waals surface area (Å²) in [7, 11) is 0. The lowest BCUT2D eigenvalue weighted by Crippen LogP contribution is -2.08. The van der Waals surface area contributed by atoms with Gasteiger partial charge in [0.15, 0.2) is 0 Å². The number of benzene rings is 1. The molecule has 0 radical (unpaired) electrons. The first-order chi connectivity index (χ1) is 9.75. The molecule has 2 aromatic rings. The molecule has 2 N–H and O–H groups in total. The van der Waals surface area contributed by atoms with Crippen LogP contribution in [-0.4, -0.2) is 22.7 Å². The van der Waals surface area contributed by atoms with Crippen molar-refractivity contribution < 1.29 is 14.6 Å². The highest BCUT2D eigenvalue weighted by atomic mass is 16.5. The van der Waals surface area contributed by atoms with Crippen molar-refractivity contribution >= 4 is 16.9 Å². The maximum atomic E-state index is 10.5. The molecule has 1 aliphatic rings. The summed E-state index contributed by atoms with van der Waals surface area (Å²) in [6, 6.07) is 6.00. The van der Waals surface area contributed by atoms with Crippen LogP contribution in [0, 0.1) is 0 Å². The highest BCUT2D eigenvalue weighted by Gasteiger charge is 2.23. The van der Waals surface area contributed by atoms with Gasteiger partial charge in [0.05, 0.1) is 6.61 Å². The predicted octanol–water partition coefficient (Wildman–Crippen LogP) is 3.68. The van der Waals surface area contributed by atoms with Crippen molar-refractivity contribution in [1.82, 2.24) is 4.98 Å². The zero-order chi connectivity index (χ0) is 13.9. The third-order valence-electron chi connectivity index (χ3n) is 4.04. The zero-order valence-electron chi connectivity index (χ0n) is 11.4. The van der Waals surface area contributed by atoms with Crippen LogP contribution in [0.3, 0.4) is 0 Å². The molecule has 20 heavy (non-hydrogen) atoms. The predicted molar refractivity (Wildman–Crippen MR) is 77.3 cm³/mol. The van der Waals surface area contributed by atoms with Crippen LogP contribution in [0.5, 0.6) is 5.75 Å². The van der Waals surface area contributed by atoms with Gasteiger partial charge in [0, 0.05) is 23.5 Å². The molecule has 1 saturated carbocycles. The second-order valence-electron chi connectivity index (χ2n) is 5.40. The molecule has 1 fully saturated rings. The van der Waals surface area contributed by atoms with Crippen LogP contribution in [0.2, 0.25) is 0 Å². The number of aromatic nitrogens is 1. The van der Waals surface area contributed by atoms with Crippen LogP contribution in [0.15, 0.2) is 24.4 Å². The first-order valence-electron chi connectivity index (χ1n) is 7.20. The van der Waals surface area contributed by atoms with E-state index < -0.39 is 5.97 Å². The molecule has 3 rings (SSSR count). The third kappa shape index (κ3) is 2.50. The summed E-state index contributed by atoms with van der Waals surface area (Å²) in [6.07, 6.45) is 6.59. The molecule has 1 heterocycles. The van der Waals surface area contributed by atoms with Crippen molar-refractivity contribution in [2.45, 2.75) is 38.0 Å². The van der Waals surface area contributed by atoms with Crippen LogP contribution in [0.1, 0.15) is 43.6 Å². The van der Waals surface area contributed by atoms with Crippen LogP contribution in [0.4, 0.5) is 0 Å². The van der Waals surface area contributed by atoms with E-state index in [0.29, 0.717) is 18.9 Å². The largest absolute Gasteiger partial charge is 0.493 e. The number of hydrogen-bond acceptors (Lipinski definition) is 2. The summed E-state index contributed by atoms with van der Waals surface area (Å²) in [5, 5.41) is 9.82. The molecular formula is C16H19NO3. The van der Waals surface area contributed by atoms with Gasteiger partial charge in [0.25, 0.3) is 0 Å². The molecule has 0 amide bonds. The highest BCUT2D eigenvalue weighted by molar-refractivity contribution is 5.89. The number of ether oxygens (including phenoxy) is 1. The molecule has 4 heteroatoms. The Morgan fingerprint density at radius 3 is 2.95 bits per heavy atom. The van der Waals surface area contributed by atoms with E-state index in [9.17, 15) is 4.79 Å². The van der Waals surface area contributed by atoms with E-state index >= 15 is 0 Å². The van der Waals surface area contributed by atoms with Gasteiger partial charge in [-0.3, -0.25) is 4.79 Å². The van der Waals surface area contributed by atoms with Gasteiger partial charge in [-0.2, -0.15) is 0 Å². The lowest BCUT2D eigenvalue weighted by molar-refractivity contribution is -0.137. The first kappa shape index (κ1) is 13.0. The van der Waals surface area contributed by atoms with E-state index in [0.717, 1.165) is 11.3 Å². The summed E-state index contributed by atoms with van der Waals surface area (Å²) >= 11 is 0. The third-order valence-corrected chi connectivity index (χ3v) is 4.04. The Morgan fingerprint density at radius 2 is 2.25 bits per heavy atom. The number of aromatic amines is 1. The van der Waals surface area contributed by atoms with Crippen molar-refractivity contribution in [3.05, 3.63) is 30.0 Å². The Morgan fingerprint density at radius 1 is 1.40 bits per heavy atom. The molecular weight excluding hydrogens is 254 g/mol. The summed E-state index contributed by atoms with van der Waals surface area (Å²) in [5.41, 5.74) is 2.45. The number of hydrogen-bond donors (Lipinski definition) is 2. The van der Waals surface area contributed by atoms with Gasteiger partial charge >= 0.3 is 5.97 Å². The molecule has 4 nitrogen and oxygen atoms in total. The van der Waals surface area contributed by atoms with Crippen molar-refractivity contribution in [2.24, 2.45) is 0 Å². The summed E-state index contributed by atoms with van der Waals surface area (Å²) < 4.78 is 5.80. The summed E-state index contributed by atoms with van der Waals surface area (Å²) in [5.74, 6) is 0.743. The smallest absolute Gasteiger partial charge is 0.303 e. The Hall–Kier alpha value is -1.97. The minimum absolute atomic E-state index is 0.151. The van der Waals surface area contributed by atoms with E-state index in [1.54, 1.807) is 0 Å². The highest BCUT2D eigenvalue weighted by Crippen LogP contribution is 2.42. The minimum atomic E-state index is -0.774. The monoisotopic (exact) mass is 273 g/mol. The standard InChI is InChI=1S/C16H19NO3/c18-15(19)8-3-9-20-14-7-2-6-13-16(14)12(10-17-13)11-4-1-5-11/h2,6-7,10-11,17H,1,3-5,8-9H2,(H,18,19). The van der Waals surface area contributed by atoms with Gasteiger partial charge in [0.1, 0.15) is 5.75 Å². The van der Waals surface area contributed by atoms with Gasteiger partial charge in [-0.15, -0.1) is 0 Å². The minimum Gasteiger partial charge on any atom is -0.493 e. The molecule has 1 aliphatic carbocycles. The van der Waals surface area contributed by atoms with Crippen molar-refractivity contribution in [1.29, 1.82) is 0 Å². The SMILES string of the molecule is O=C(O)CCCOc1cccc2[nH]cc(C3CCC3)c12. The van der Waals surface area contributed by atoms with Gasteiger partial charge in [-0.05, 0) is 42.9 Å². The fraction of sp³-hybridized carbons (Fsp3) is 0.438. The topological polar surface area (TPSA) is 62.3 Å². The van der Waals surface area contributed by atoms with Gasteiger partial charge in [0.2, 0.25) is 0 Å². The number of nitrogens with one attached hydrogen (secondary N) is 1. The fourth-order valence-electron chi connectivity index (χ4n) is 2.74. The van der Waals surface area contributed by atoms with E-state index in [1.165, 1.54) is 30.2 Å². The molecule has 0 unspecified atom stereocenters. The van der Waals surface area contributed by atoms with Gasteiger partial charge in [-0.1, -0.05) is 12.5 Å². The second kappa shape index (κ2) is 5.57. The Bertz CT molecular complexity index is 613. The second-order valence-corrected chi connectivity index (χ2v) is 5.40. The van der Waals surface area contributed by atoms with Crippen LogP contribution in [-0.2, 0) is 4.79 Å². The molecule has 0 aliphatic heterocycles. The van der Waals surface area contributed by atoms with Crippen LogP contribution < -0.4 is 4.74 Å². The Balaban J connectivity index is 1.78. The van der Waals surface area contributed by atoms with Gasteiger partial charge in [-0.25, -0.2) is 0 Å². The number of H-pyrrole nitrogens is 1. The first-order valence-corrected chi connectivity index (χ1v) is 7.20. The van der Waals surface area contributed by atoms with E-state index in [4.69, 9.17) is 9.84 Å². The number of carboxylic acid groups (broad SMARTS) is 1. The molecule has 0 bridgehead atoms. The number of fused-ring (bicyclic) bond motifs is 1. The zero-order valence-corrected chi connectivity index (χ0v) is 11.4. The number of carboxylic acids is 1. The van der Waals surface area contributed by atoms with Crippen LogP contribution in [0.25, 0.3) is 10.9 Å². The Kier molecular flexibility index (Phi) is 3.63. The maximum Gasteiger partial charge on any atom is 0.303 e. The lowest BCUT2D eigenvalue weighted by atomic mass is 9.80. The van der Waals surface area contributed by atoms with E-state index in [1.807, 2.05) is 12.1 Å². The molecule has 0 saturated heterocycles. The molecule has 0 atom stereocenters. The molecule has 106 valence electrons. The van der Waals surface area contributed by atoms with Crippen molar-refractivity contribution in [2.75, 3.05) is 6.61 Å². The molecule has 1 aromatic carbocycles. The quantitative estimate of drug-likeness (QED) is 0.789. The average Bonchev–Trinajstić information content (AvgIpc) is 2.77. The number of carbonyl (C=O) groups is 1. The van der Waals surface area contributed by atoms with Crippen molar-refractivity contribution in [3.63, 3.8) is 0 Å². The lowest BCUT2D eigenvalue weighted by Gasteiger charge is -2.25. The van der Waals surface area contributed by atoms with Crippen LogP contribution >= 0.6 is 0 Å². The Labute approximate surface area is 117 Å². The number of rotatable bonds is 6. The molecule has 0 spiro atoms. The summed E-state index contributed by atoms with van der Waals surface area (Å²) in [4.78, 5) is 13.8. The maximum absolute atomic E-state index is 10.5. The van der Waals surface area contributed by atoms with E-state index in [2.05, 4.69) is 17.2 Å². The average molecular weight is 273 g/mol. The molecule has 1 aromatic heterocycles.